The lowest BCUT2D eigenvalue weighted by atomic mass is 10.1. The van der Waals surface area contributed by atoms with E-state index in [2.05, 4.69) is 5.32 Å². The second-order valence-corrected chi connectivity index (χ2v) is 5.43. The molecule has 1 aliphatic heterocycles. The Kier molecular flexibility index (Phi) is 6.45. The first-order chi connectivity index (χ1) is 9.47. The van der Waals surface area contributed by atoms with Crippen molar-refractivity contribution in [1.29, 1.82) is 0 Å². The highest BCUT2D eigenvalue weighted by Gasteiger charge is 2.33. The first-order valence-electron chi connectivity index (χ1n) is 6.50. The molecule has 1 fully saturated rings. The lowest BCUT2D eigenvalue weighted by Gasteiger charge is -2.23. The fraction of sp³-hybridized carbons (Fsp3) is 0.429. The molecule has 0 aromatic heterocycles. The number of carboxylic acids is 1. The summed E-state index contributed by atoms with van der Waals surface area (Å²) >= 11 is 5.86. The van der Waals surface area contributed by atoms with Gasteiger partial charge >= 0.3 is 5.97 Å². The molecule has 1 aromatic carbocycles. The van der Waals surface area contributed by atoms with Crippen LogP contribution in [-0.2, 0) is 9.59 Å². The molecule has 1 saturated heterocycles. The molecule has 2 unspecified atom stereocenters. The Labute approximate surface area is 134 Å². The van der Waals surface area contributed by atoms with Gasteiger partial charge in [-0.25, -0.2) is 0 Å². The number of carboxylic acid groups (broad SMARTS) is 1. The van der Waals surface area contributed by atoms with Gasteiger partial charge in [-0.15, -0.1) is 12.4 Å². The van der Waals surface area contributed by atoms with Gasteiger partial charge in [0, 0.05) is 17.3 Å². The maximum atomic E-state index is 12.1. The summed E-state index contributed by atoms with van der Waals surface area (Å²) in [5.74, 6) is -1.33. The maximum Gasteiger partial charge on any atom is 0.307 e. The van der Waals surface area contributed by atoms with Gasteiger partial charge < -0.3 is 10.4 Å². The van der Waals surface area contributed by atoms with Gasteiger partial charge in [0.05, 0.1) is 12.0 Å². The molecule has 2 N–H and O–H groups in total. The monoisotopic (exact) mass is 332 g/mol. The third-order valence-corrected chi connectivity index (χ3v) is 3.82. The van der Waals surface area contributed by atoms with E-state index in [1.807, 2.05) is 4.90 Å². The highest BCUT2D eigenvalue weighted by atomic mass is 35.5. The third kappa shape index (κ3) is 4.59. The van der Waals surface area contributed by atoms with Crippen molar-refractivity contribution >= 4 is 41.6 Å². The lowest BCUT2D eigenvalue weighted by Crippen LogP contribution is -2.41. The number of hydrogen-bond donors (Lipinski definition) is 2. The number of carbonyl (C=O) groups excluding carboxylic acids is 1. The van der Waals surface area contributed by atoms with Crippen LogP contribution in [0.5, 0.6) is 0 Å². The predicted molar refractivity (Wildman–Crippen MR) is 84.1 cm³/mol. The number of carbonyl (C=O) groups is 2. The number of nitrogens with zero attached hydrogens (tertiary/aromatic N) is 1. The normalized spacial score (nSPS) is 19.6. The topological polar surface area (TPSA) is 69.6 Å². The minimum atomic E-state index is -0.796. The second kappa shape index (κ2) is 7.64. The van der Waals surface area contributed by atoms with Crippen molar-refractivity contribution < 1.29 is 14.7 Å². The van der Waals surface area contributed by atoms with Crippen molar-refractivity contribution in [1.82, 2.24) is 4.90 Å². The number of rotatable bonds is 4. The van der Waals surface area contributed by atoms with Gasteiger partial charge in [-0.2, -0.15) is 0 Å². The lowest BCUT2D eigenvalue weighted by molar-refractivity contribution is -0.141. The van der Waals surface area contributed by atoms with Crippen LogP contribution in [-0.4, -0.2) is 41.0 Å². The van der Waals surface area contributed by atoms with Crippen LogP contribution in [0.3, 0.4) is 0 Å². The summed E-state index contributed by atoms with van der Waals surface area (Å²) in [6.07, 6.45) is 0.587. The SMILES string of the molecule is CC(C(=O)Nc1cccc(Cl)c1)N1CCC(C(=O)O)C1.Cl. The van der Waals surface area contributed by atoms with Crippen molar-refractivity contribution in [2.24, 2.45) is 5.92 Å². The van der Waals surface area contributed by atoms with E-state index in [0.717, 1.165) is 0 Å². The minimum Gasteiger partial charge on any atom is -0.481 e. The Hall–Kier alpha value is -1.30. The van der Waals surface area contributed by atoms with Crippen LogP contribution in [0.1, 0.15) is 13.3 Å². The smallest absolute Gasteiger partial charge is 0.307 e. The fourth-order valence-corrected chi connectivity index (χ4v) is 2.51. The van der Waals surface area contributed by atoms with Gasteiger partial charge in [0.15, 0.2) is 0 Å². The zero-order chi connectivity index (χ0) is 14.7. The van der Waals surface area contributed by atoms with Crippen LogP contribution < -0.4 is 5.32 Å². The number of aliphatic carboxylic acids is 1. The summed E-state index contributed by atoms with van der Waals surface area (Å²) in [5.41, 5.74) is 0.642. The molecule has 1 amide bonds. The standard InChI is InChI=1S/C14H17ClN2O3.ClH/c1-9(17-6-5-10(8-17)14(19)20)13(18)16-12-4-2-3-11(15)7-12;/h2-4,7,9-10H,5-6,8H2,1H3,(H,16,18)(H,19,20);1H. The molecule has 0 spiro atoms. The van der Waals surface area contributed by atoms with E-state index < -0.39 is 5.97 Å². The molecule has 1 heterocycles. The predicted octanol–water partition coefficient (Wildman–Crippen LogP) is 2.50. The number of amides is 1. The Balaban J connectivity index is 0.00000220. The van der Waals surface area contributed by atoms with Crippen molar-refractivity contribution in [3.05, 3.63) is 29.3 Å². The second-order valence-electron chi connectivity index (χ2n) is 4.99. The van der Waals surface area contributed by atoms with E-state index in [4.69, 9.17) is 16.7 Å². The Morgan fingerprint density at radius 2 is 2.19 bits per heavy atom. The van der Waals surface area contributed by atoms with Crippen LogP contribution in [0.25, 0.3) is 0 Å². The molecule has 0 bridgehead atoms. The van der Waals surface area contributed by atoms with Gasteiger partial charge in [0.25, 0.3) is 0 Å². The summed E-state index contributed by atoms with van der Waals surface area (Å²) in [7, 11) is 0. The zero-order valence-corrected chi connectivity index (χ0v) is 13.2. The van der Waals surface area contributed by atoms with Crippen LogP contribution >= 0.6 is 24.0 Å². The zero-order valence-electron chi connectivity index (χ0n) is 11.6. The van der Waals surface area contributed by atoms with E-state index in [1.165, 1.54) is 0 Å². The number of nitrogens with one attached hydrogen (secondary N) is 1. The summed E-state index contributed by atoms with van der Waals surface area (Å²) in [4.78, 5) is 25.0. The Morgan fingerprint density at radius 1 is 1.48 bits per heavy atom. The van der Waals surface area contributed by atoms with Gasteiger partial charge in [-0.05, 0) is 38.1 Å². The number of anilines is 1. The molecule has 1 aromatic rings. The van der Waals surface area contributed by atoms with Crippen LogP contribution in [0.4, 0.5) is 5.69 Å². The van der Waals surface area contributed by atoms with Crippen molar-refractivity contribution in [2.45, 2.75) is 19.4 Å². The first-order valence-corrected chi connectivity index (χ1v) is 6.88. The van der Waals surface area contributed by atoms with Crippen molar-refractivity contribution in [3.63, 3.8) is 0 Å². The highest BCUT2D eigenvalue weighted by molar-refractivity contribution is 6.30. The molecule has 7 heteroatoms. The fourth-order valence-electron chi connectivity index (χ4n) is 2.32. The van der Waals surface area contributed by atoms with E-state index in [1.54, 1.807) is 31.2 Å². The minimum absolute atomic E-state index is 0. The molecule has 0 aliphatic carbocycles. The van der Waals surface area contributed by atoms with Crippen LogP contribution in [0, 0.1) is 5.92 Å². The van der Waals surface area contributed by atoms with E-state index in [9.17, 15) is 9.59 Å². The molecular weight excluding hydrogens is 315 g/mol. The summed E-state index contributed by atoms with van der Waals surface area (Å²) in [6.45, 7) is 2.82. The maximum absolute atomic E-state index is 12.1. The molecule has 116 valence electrons. The largest absolute Gasteiger partial charge is 0.481 e. The van der Waals surface area contributed by atoms with Gasteiger partial charge in [0.1, 0.15) is 0 Å². The van der Waals surface area contributed by atoms with E-state index >= 15 is 0 Å². The van der Waals surface area contributed by atoms with Gasteiger partial charge in [-0.1, -0.05) is 17.7 Å². The number of hydrogen-bond acceptors (Lipinski definition) is 3. The number of benzene rings is 1. The van der Waals surface area contributed by atoms with Crippen molar-refractivity contribution in [3.8, 4) is 0 Å². The number of halogens is 2. The van der Waals surface area contributed by atoms with Crippen LogP contribution in [0.2, 0.25) is 5.02 Å². The Morgan fingerprint density at radius 3 is 2.76 bits per heavy atom. The van der Waals surface area contributed by atoms with Gasteiger partial charge in [-0.3, -0.25) is 14.5 Å². The summed E-state index contributed by atoms with van der Waals surface area (Å²) < 4.78 is 0. The quantitative estimate of drug-likeness (QED) is 0.888. The average Bonchev–Trinajstić information content (AvgIpc) is 2.87. The molecule has 2 rings (SSSR count). The van der Waals surface area contributed by atoms with Crippen molar-refractivity contribution in [2.75, 3.05) is 18.4 Å². The van der Waals surface area contributed by atoms with E-state index in [0.29, 0.717) is 30.2 Å². The molecule has 1 aliphatic rings. The third-order valence-electron chi connectivity index (χ3n) is 3.59. The molecule has 2 atom stereocenters. The van der Waals surface area contributed by atoms with Gasteiger partial charge in [0.2, 0.25) is 5.91 Å². The van der Waals surface area contributed by atoms with E-state index in [-0.39, 0.29) is 30.3 Å². The number of likely N-dealkylation sites (tertiary alicyclic amines) is 1. The molecular formula is C14H18Cl2N2O3. The molecule has 5 nitrogen and oxygen atoms in total. The summed E-state index contributed by atoms with van der Waals surface area (Å²) in [6, 6.07) is 6.58. The molecule has 0 radical (unpaired) electrons. The van der Waals surface area contributed by atoms with Crippen LogP contribution in [0.15, 0.2) is 24.3 Å². The summed E-state index contributed by atoms with van der Waals surface area (Å²) in [5, 5.41) is 12.3. The molecule has 21 heavy (non-hydrogen) atoms. The Bertz CT molecular complexity index is 525. The molecule has 0 saturated carbocycles. The first kappa shape index (κ1) is 17.8. The average molecular weight is 333 g/mol. The highest BCUT2D eigenvalue weighted by Crippen LogP contribution is 2.20.